The number of carbonyl (C=O) groups excluding carboxylic acids is 3. The molecule has 1 atom stereocenters. The number of halogens is 1. The molecule has 1 aliphatic heterocycles. The highest BCUT2D eigenvalue weighted by atomic mass is 19.1. The molecule has 146 valence electrons. The molecule has 1 N–H and O–H groups in total. The molecule has 1 aromatic carbocycles. The van der Waals surface area contributed by atoms with Gasteiger partial charge in [0.1, 0.15) is 12.4 Å². The number of allylic oxidation sites excluding steroid dienone is 1. The lowest BCUT2D eigenvalue weighted by Gasteiger charge is -2.34. The number of benzene rings is 1. The summed E-state index contributed by atoms with van der Waals surface area (Å²) in [6.45, 7) is 5.67. The van der Waals surface area contributed by atoms with Crippen molar-refractivity contribution in [2.24, 2.45) is 0 Å². The first-order valence-corrected chi connectivity index (χ1v) is 9.10. The van der Waals surface area contributed by atoms with E-state index in [1.54, 1.807) is 32.0 Å². The normalized spacial score (nSPS) is 17.1. The Morgan fingerprint density at radius 2 is 2.00 bits per heavy atom. The second-order valence-corrected chi connectivity index (χ2v) is 6.33. The minimum absolute atomic E-state index is 0.104. The number of carbonyl (C=O) groups is 3. The van der Waals surface area contributed by atoms with Crippen LogP contribution in [0.5, 0.6) is 0 Å². The van der Waals surface area contributed by atoms with Gasteiger partial charge in [-0.05, 0) is 31.9 Å². The van der Waals surface area contributed by atoms with E-state index in [4.69, 9.17) is 4.74 Å². The fourth-order valence-corrected chi connectivity index (χ4v) is 3.16. The molecule has 1 unspecified atom stereocenters. The van der Waals surface area contributed by atoms with Crippen LogP contribution in [-0.2, 0) is 19.1 Å². The molecule has 2 rings (SSSR count). The summed E-state index contributed by atoms with van der Waals surface area (Å²) in [6.07, 6.45) is 0.672. The van der Waals surface area contributed by atoms with Crippen molar-refractivity contribution in [3.63, 3.8) is 0 Å². The molecule has 27 heavy (non-hydrogen) atoms. The molecule has 1 aromatic rings. The van der Waals surface area contributed by atoms with Crippen LogP contribution in [0.15, 0.2) is 35.5 Å². The molecule has 0 aromatic heterocycles. The number of nitrogens with zero attached hydrogens (tertiary/aromatic N) is 1. The first kappa shape index (κ1) is 20.6. The van der Waals surface area contributed by atoms with E-state index in [2.05, 4.69) is 5.32 Å². The van der Waals surface area contributed by atoms with Crippen LogP contribution in [0.25, 0.3) is 0 Å². The Morgan fingerprint density at radius 3 is 2.63 bits per heavy atom. The standard InChI is InChI=1S/C20H25FN2O4/c1-4-10-22-17(24)12-23-13(3)19(20(26)27-5-2)15(11-18(23)25)14-8-6-7-9-16(14)21/h6-9,15H,4-5,10-12H2,1-3H3,(H,22,24). The molecular formula is C20H25FN2O4. The van der Waals surface area contributed by atoms with Crippen molar-refractivity contribution in [3.8, 4) is 0 Å². The first-order chi connectivity index (χ1) is 12.9. The average molecular weight is 376 g/mol. The van der Waals surface area contributed by atoms with E-state index in [0.29, 0.717) is 12.2 Å². The van der Waals surface area contributed by atoms with Crippen LogP contribution in [0.4, 0.5) is 4.39 Å². The van der Waals surface area contributed by atoms with E-state index in [1.165, 1.54) is 11.0 Å². The summed E-state index contributed by atoms with van der Waals surface area (Å²) in [5.74, 6) is -2.47. The Bertz CT molecular complexity index is 760. The van der Waals surface area contributed by atoms with Crippen molar-refractivity contribution in [1.82, 2.24) is 10.2 Å². The van der Waals surface area contributed by atoms with Gasteiger partial charge in [-0.1, -0.05) is 25.1 Å². The van der Waals surface area contributed by atoms with E-state index < -0.39 is 17.7 Å². The van der Waals surface area contributed by atoms with Crippen molar-refractivity contribution < 1.29 is 23.5 Å². The van der Waals surface area contributed by atoms with Gasteiger partial charge in [0, 0.05) is 24.6 Å². The number of hydrogen-bond acceptors (Lipinski definition) is 4. The van der Waals surface area contributed by atoms with Gasteiger partial charge in [-0.25, -0.2) is 9.18 Å². The van der Waals surface area contributed by atoms with Crippen molar-refractivity contribution >= 4 is 17.8 Å². The summed E-state index contributed by atoms with van der Waals surface area (Å²) in [7, 11) is 0. The van der Waals surface area contributed by atoms with E-state index >= 15 is 0 Å². The number of esters is 1. The molecular weight excluding hydrogens is 351 g/mol. The molecule has 0 bridgehead atoms. The van der Waals surface area contributed by atoms with Gasteiger partial charge >= 0.3 is 5.97 Å². The summed E-state index contributed by atoms with van der Waals surface area (Å²) >= 11 is 0. The Hall–Kier alpha value is -2.70. The zero-order valence-electron chi connectivity index (χ0n) is 15.9. The SMILES string of the molecule is CCCNC(=O)CN1C(=O)CC(c2ccccc2F)C(C(=O)OCC)=C1C. The van der Waals surface area contributed by atoms with Gasteiger partial charge < -0.3 is 15.0 Å². The number of amides is 2. The van der Waals surface area contributed by atoms with Crippen LogP contribution >= 0.6 is 0 Å². The topological polar surface area (TPSA) is 75.7 Å². The van der Waals surface area contributed by atoms with Gasteiger partial charge in [0.05, 0.1) is 12.2 Å². The molecule has 0 saturated heterocycles. The summed E-state index contributed by atoms with van der Waals surface area (Å²) in [5.41, 5.74) is 0.804. The number of rotatable bonds is 7. The predicted octanol–water partition coefficient (Wildman–Crippen LogP) is 2.50. The third kappa shape index (κ3) is 4.72. The number of ether oxygens (including phenoxy) is 1. The van der Waals surface area contributed by atoms with E-state index in [9.17, 15) is 18.8 Å². The van der Waals surface area contributed by atoms with Crippen LogP contribution in [0.1, 0.15) is 45.1 Å². The van der Waals surface area contributed by atoms with Gasteiger partial charge in [-0.2, -0.15) is 0 Å². The molecule has 6 nitrogen and oxygen atoms in total. The van der Waals surface area contributed by atoms with Crippen molar-refractivity contribution in [2.75, 3.05) is 19.7 Å². The Labute approximate surface area is 158 Å². The summed E-state index contributed by atoms with van der Waals surface area (Å²) < 4.78 is 19.5. The molecule has 1 heterocycles. The van der Waals surface area contributed by atoms with Gasteiger partial charge in [0.2, 0.25) is 11.8 Å². The molecule has 0 fully saturated rings. The van der Waals surface area contributed by atoms with E-state index in [-0.39, 0.29) is 42.5 Å². The fraction of sp³-hybridized carbons (Fsp3) is 0.450. The second-order valence-electron chi connectivity index (χ2n) is 6.33. The molecule has 0 spiro atoms. The van der Waals surface area contributed by atoms with Crippen LogP contribution in [0, 0.1) is 5.82 Å². The average Bonchev–Trinajstić information content (AvgIpc) is 2.63. The van der Waals surface area contributed by atoms with Gasteiger partial charge in [-0.15, -0.1) is 0 Å². The lowest BCUT2D eigenvalue weighted by molar-refractivity contribution is -0.141. The number of hydrogen-bond donors (Lipinski definition) is 1. The van der Waals surface area contributed by atoms with E-state index in [0.717, 1.165) is 6.42 Å². The van der Waals surface area contributed by atoms with Crippen LogP contribution in [0.2, 0.25) is 0 Å². The Kier molecular flexibility index (Phi) is 7.10. The molecule has 0 saturated carbocycles. The van der Waals surface area contributed by atoms with Crippen LogP contribution in [-0.4, -0.2) is 42.4 Å². The fourth-order valence-electron chi connectivity index (χ4n) is 3.16. The first-order valence-electron chi connectivity index (χ1n) is 9.10. The maximum atomic E-state index is 14.3. The lowest BCUT2D eigenvalue weighted by Crippen LogP contribution is -2.44. The van der Waals surface area contributed by atoms with Crippen molar-refractivity contribution in [3.05, 3.63) is 46.9 Å². The number of nitrogens with one attached hydrogen (secondary N) is 1. The largest absolute Gasteiger partial charge is 0.463 e. The van der Waals surface area contributed by atoms with Crippen molar-refractivity contribution in [2.45, 2.75) is 39.5 Å². The summed E-state index contributed by atoms with van der Waals surface area (Å²) in [4.78, 5) is 38.6. The minimum atomic E-state index is -0.743. The lowest BCUT2D eigenvalue weighted by atomic mass is 9.83. The molecule has 0 aliphatic carbocycles. The molecule has 1 aliphatic rings. The highest BCUT2D eigenvalue weighted by molar-refractivity contribution is 5.97. The summed E-state index contributed by atoms with van der Waals surface area (Å²) in [5, 5.41) is 2.71. The quantitative estimate of drug-likeness (QED) is 0.742. The predicted molar refractivity (Wildman–Crippen MR) is 98.1 cm³/mol. The smallest absolute Gasteiger partial charge is 0.336 e. The Morgan fingerprint density at radius 1 is 1.30 bits per heavy atom. The maximum Gasteiger partial charge on any atom is 0.336 e. The second kappa shape index (κ2) is 9.30. The van der Waals surface area contributed by atoms with E-state index in [1.807, 2.05) is 6.92 Å². The van der Waals surface area contributed by atoms with Gasteiger partial charge in [0.25, 0.3) is 0 Å². The zero-order valence-corrected chi connectivity index (χ0v) is 15.9. The van der Waals surface area contributed by atoms with Crippen molar-refractivity contribution in [1.29, 1.82) is 0 Å². The highest BCUT2D eigenvalue weighted by Gasteiger charge is 2.38. The van der Waals surface area contributed by atoms with Gasteiger partial charge in [-0.3, -0.25) is 9.59 Å². The van der Waals surface area contributed by atoms with Gasteiger partial charge in [0.15, 0.2) is 0 Å². The molecule has 2 amide bonds. The van der Waals surface area contributed by atoms with Crippen LogP contribution in [0.3, 0.4) is 0 Å². The third-order valence-electron chi connectivity index (χ3n) is 4.47. The zero-order chi connectivity index (χ0) is 20.0. The Balaban J connectivity index is 2.43. The molecule has 7 heteroatoms. The van der Waals surface area contributed by atoms with Crippen LogP contribution < -0.4 is 5.32 Å². The minimum Gasteiger partial charge on any atom is -0.463 e. The third-order valence-corrected chi connectivity index (χ3v) is 4.47. The highest BCUT2D eigenvalue weighted by Crippen LogP contribution is 2.37. The maximum absolute atomic E-state index is 14.3. The monoisotopic (exact) mass is 376 g/mol. The summed E-state index contributed by atoms with van der Waals surface area (Å²) in [6, 6.07) is 6.06. The molecule has 0 radical (unpaired) electrons.